The van der Waals surface area contributed by atoms with Crippen molar-refractivity contribution in [2.75, 3.05) is 14.2 Å². The van der Waals surface area contributed by atoms with E-state index >= 15 is 0 Å². The van der Waals surface area contributed by atoms with E-state index in [4.69, 9.17) is 4.74 Å². The summed E-state index contributed by atoms with van der Waals surface area (Å²) in [5.74, 6) is -2.61. The number of hydrogen-bond donors (Lipinski definition) is 2. The van der Waals surface area contributed by atoms with Crippen molar-refractivity contribution >= 4 is 12.2 Å². The van der Waals surface area contributed by atoms with Gasteiger partial charge in [-0.1, -0.05) is 33.8 Å². The predicted octanol–water partition coefficient (Wildman–Crippen LogP) is 3.55. The number of halogens is 2. The predicted molar refractivity (Wildman–Crippen MR) is 132 cm³/mol. The van der Waals surface area contributed by atoms with Crippen LogP contribution in [-0.4, -0.2) is 53.2 Å². The number of aromatic nitrogens is 1. The van der Waals surface area contributed by atoms with E-state index in [-0.39, 0.29) is 30.4 Å². The molecule has 0 fully saturated rings. The molecule has 1 amide bonds. The number of nitrogens with one attached hydrogen (secondary N) is 1. The van der Waals surface area contributed by atoms with Gasteiger partial charge in [0.05, 0.1) is 6.54 Å². The minimum absolute atomic E-state index is 0.0183. The van der Waals surface area contributed by atoms with Crippen LogP contribution in [0.15, 0.2) is 29.2 Å². The fraction of sp³-hybridized carbons (Fsp3) is 0.500. The van der Waals surface area contributed by atoms with E-state index in [1.807, 2.05) is 11.9 Å². The second kappa shape index (κ2) is 12.7. The second-order valence-corrected chi connectivity index (χ2v) is 9.23. The number of pyridine rings is 1. The van der Waals surface area contributed by atoms with Gasteiger partial charge in [0.2, 0.25) is 5.43 Å². The van der Waals surface area contributed by atoms with Crippen LogP contribution in [0.4, 0.5) is 8.78 Å². The highest BCUT2D eigenvalue weighted by atomic mass is 19.1. The minimum atomic E-state index is -1.03. The van der Waals surface area contributed by atoms with E-state index in [0.29, 0.717) is 24.2 Å². The number of methoxy groups -OCH3 is 1. The van der Waals surface area contributed by atoms with Crippen LogP contribution in [0, 0.1) is 23.5 Å². The van der Waals surface area contributed by atoms with Gasteiger partial charge in [0, 0.05) is 37.5 Å². The molecule has 1 aromatic carbocycles. The van der Waals surface area contributed by atoms with Crippen molar-refractivity contribution in [1.29, 1.82) is 0 Å². The molecule has 0 saturated carbocycles. The monoisotopic (exact) mass is 507 g/mol. The van der Waals surface area contributed by atoms with E-state index in [0.717, 1.165) is 12.5 Å². The third-order valence-electron chi connectivity index (χ3n) is 6.79. The van der Waals surface area contributed by atoms with Gasteiger partial charge in [-0.25, -0.2) is 8.78 Å². The summed E-state index contributed by atoms with van der Waals surface area (Å²) < 4.78 is 34.0. The Morgan fingerprint density at radius 2 is 1.94 bits per heavy atom. The highest BCUT2D eigenvalue weighted by molar-refractivity contribution is 5.95. The third-order valence-corrected chi connectivity index (χ3v) is 6.79. The Bertz CT molecular complexity index is 1140. The van der Waals surface area contributed by atoms with Crippen LogP contribution >= 0.6 is 0 Å². The number of likely N-dealkylation sites (N-methyl/N-ethyl adjacent to an activating group) is 1. The Balaban J connectivity index is 2.37. The number of amides is 1. The lowest BCUT2D eigenvalue weighted by Crippen LogP contribution is -2.47. The summed E-state index contributed by atoms with van der Waals surface area (Å²) >= 11 is 0. The summed E-state index contributed by atoms with van der Waals surface area (Å²) in [7, 11) is 3.41. The van der Waals surface area contributed by atoms with E-state index < -0.39 is 40.5 Å². The van der Waals surface area contributed by atoms with Gasteiger partial charge >= 0.3 is 0 Å². The second-order valence-electron chi connectivity index (χ2n) is 9.23. The van der Waals surface area contributed by atoms with Gasteiger partial charge in [-0.2, -0.15) is 0 Å². The van der Waals surface area contributed by atoms with Crippen LogP contribution < -0.4 is 10.7 Å². The number of hydrogen-bond acceptors (Lipinski definition) is 6. The summed E-state index contributed by atoms with van der Waals surface area (Å²) in [6.45, 7) is 8.22. The fourth-order valence-electron chi connectivity index (χ4n) is 4.26. The molecule has 2 aromatic rings. The van der Waals surface area contributed by atoms with Crippen molar-refractivity contribution in [3.63, 3.8) is 0 Å². The van der Waals surface area contributed by atoms with Crippen LogP contribution in [0.3, 0.4) is 0 Å². The average molecular weight is 508 g/mol. The van der Waals surface area contributed by atoms with Crippen molar-refractivity contribution < 1.29 is 28.2 Å². The maximum Gasteiger partial charge on any atom is 0.257 e. The number of carbonyl (C=O) groups is 2. The fourth-order valence-corrected chi connectivity index (χ4v) is 4.26. The lowest BCUT2D eigenvalue weighted by molar-refractivity contribution is -0.0653. The summed E-state index contributed by atoms with van der Waals surface area (Å²) in [5.41, 5.74) is -1.74. The Morgan fingerprint density at radius 3 is 2.47 bits per heavy atom. The molecule has 2 unspecified atom stereocenters. The minimum Gasteiger partial charge on any atom is -0.503 e. The molecule has 1 heterocycles. The molecular formula is C26H35F2N3O5. The molecule has 3 atom stereocenters. The number of aldehydes is 1. The molecule has 0 aliphatic carbocycles. The zero-order chi connectivity index (χ0) is 27.2. The van der Waals surface area contributed by atoms with Crippen LogP contribution in [0.2, 0.25) is 0 Å². The quantitative estimate of drug-likeness (QED) is 0.337. The van der Waals surface area contributed by atoms with E-state index in [1.165, 1.54) is 23.9 Å². The first kappa shape index (κ1) is 29.1. The molecule has 0 saturated heterocycles. The van der Waals surface area contributed by atoms with Gasteiger partial charge in [-0.3, -0.25) is 19.3 Å². The van der Waals surface area contributed by atoms with Crippen LogP contribution in [0.1, 0.15) is 60.5 Å². The number of ether oxygens (including phenoxy) is 1. The van der Waals surface area contributed by atoms with Crippen molar-refractivity contribution in [2.24, 2.45) is 11.8 Å². The smallest absolute Gasteiger partial charge is 0.257 e. The van der Waals surface area contributed by atoms with Gasteiger partial charge in [0.1, 0.15) is 29.1 Å². The van der Waals surface area contributed by atoms with Gasteiger partial charge in [-0.05, 0) is 31.4 Å². The molecule has 1 aromatic heterocycles. The molecule has 0 aliphatic heterocycles. The zero-order valence-corrected chi connectivity index (χ0v) is 21.5. The normalized spacial score (nSPS) is 14.1. The van der Waals surface area contributed by atoms with E-state index in [9.17, 15) is 28.3 Å². The number of rotatable bonds is 12. The van der Waals surface area contributed by atoms with Gasteiger partial charge in [0.15, 0.2) is 12.0 Å². The number of aromatic hydroxyl groups is 1. The summed E-state index contributed by atoms with van der Waals surface area (Å²) in [4.78, 5) is 39.2. The first-order valence-electron chi connectivity index (χ1n) is 11.8. The van der Waals surface area contributed by atoms with Crippen LogP contribution in [0.5, 0.6) is 5.75 Å². The Morgan fingerprint density at radius 1 is 1.28 bits per heavy atom. The van der Waals surface area contributed by atoms with Crippen LogP contribution in [0.25, 0.3) is 0 Å². The molecule has 0 radical (unpaired) electrons. The Labute approximate surface area is 209 Å². The number of carbonyl (C=O) groups excluding carboxylic acids is 2. The van der Waals surface area contributed by atoms with Crippen molar-refractivity contribution in [1.82, 2.24) is 14.8 Å². The number of benzene rings is 1. The first-order chi connectivity index (χ1) is 17.0. The van der Waals surface area contributed by atoms with Gasteiger partial charge < -0.3 is 19.7 Å². The lowest BCUT2D eigenvalue weighted by Gasteiger charge is -2.39. The topological polar surface area (TPSA) is 101 Å². The van der Waals surface area contributed by atoms with E-state index in [2.05, 4.69) is 33.0 Å². The van der Waals surface area contributed by atoms with Gasteiger partial charge in [-0.15, -0.1) is 0 Å². The number of nitrogens with zero attached hydrogens (tertiary/aromatic N) is 2. The van der Waals surface area contributed by atoms with Crippen molar-refractivity contribution in [3.05, 3.63) is 63.1 Å². The maximum atomic E-state index is 13.9. The summed E-state index contributed by atoms with van der Waals surface area (Å²) in [5, 5.41) is 12.8. The molecule has 10 heteroatoms. The Kier molecular flexibility index (Phi) is 10.3. The SMILES string of the molecule is CCC([C@@H](C)C(C)C)N(C)C(Cn1cc(C(=O)NCc2ccc(F)cc2F)c(=O)c(O)c1C=O)OC. The maximum absolute atomic E-state index is 13.9. The van der Waals surface area contributed by atoms with Gasteiger partial charge in [0.25, 0.3) is 5.91 Å². The van der Waals surface area contributed by atoms with Crippen molar-refractivity contribution in [3.8, 4) is 5.75 Å². The molecule has 2 N–H and O–H groups in total. The van der Waals surface area contributed by atoms with Crippen molar-refractivity contribution in [2.45, 2.75) is 59.5 Å². The molecule has 198 valence electrons. The first-order valence-corrected chi connectivity index (χ1v) is 11.8. The zero-order valence-electron chi connectivity index (χ0n) is 21.5. The van der Waals surface area contributed by atoms with Crippen LogP contribution in [-0.2, 0) is 17.8 Å². The highest BCUT2D eigenvalue weighted by Crippen LogP contribution is 2.24. The highest BCUT2D eigenvalue weighted by Gasteiger charge is 2.29. The largest absolute Gasteiger partial charge is 0.503 e. The Hall–Kier alpha value is -3.11. The summed E-state index contributed by atoms with van der Waals surface area (Å²) in [6, 6.07) is 3.06. The molecule has 0 bridgehead atoms. The third kappa shape index (κ3) is 6.55. The van der Waals surface area contributed by atoms with E-state index in [1.54, 1.807) is 0 Å². The molecule has 8 nitrogen and oxygen atoms in total. The molecule has 0 spiro atoms. The molecule has 36 heavy (non-hydrogen) atoms. The molecule has 0 aliphatic rings. The summed E-state index contributed by atoms with van der Waals surface area (Å²) in [6.07, 6.45) is 1.82. The molecule has 2 rings (SSSR count). The lowest BCUT2D eigenvalue weighted by atomic mass is 9.88. The average Bonchev–Trinajstić information content (AvgIpc) is 2.83. The standard InChI is InChI=1S/C26H35F2N3O5/c1-7-21(16(4)15(2)3)30(5)23(36-6)13-31-12-19(24(33)25(34)22(31)14-32)26(35)29-11-17-8-9-18(27)10-20(17)28/h8-10,12,14-16,21,23,34H,7,11,13H2,1-6H3,(H,29,35)/t16-,21?,23?/m0/s1. The molecular weight excluding hydrogens is 472 g/mol.